The number of likely N-dealkylation sites (N-methyl/N-ethyl adjacent to an activating group) is 1. The molecule has 0 amide bonds. The monoisotopic (exact) mass is 348 g/mol. The molecule has 0 saturated heterocycles. The molecule has 7 heteroatoms. The van der Waals surface area contributed by atoms with E-state index in [0.29, 0.717) is 44.2 Å². The number of nitrogens with zero attached hydrogens (tertiary/aromatic N) is 2. The number of aromatic nitrogens is 1. The number of sulfonamides is 1. The zero-order valence-electron chi connectivity index (χ0n) is 13.5. The summed E-state index contributed by atoms with van der Waals surface area (Å²) in [5, 5.41) is 0. The predicted octanol–water partition coefficient (Wildman–Crippen LogP) is 2.11. The van der Waals surface area contributed by atoms with Gasteiger partial charge in [-0.1, -0.05) is 6.92 Å². The van der Waals surface area contributed by atoms with Crippen LogP contribution < -0.4 is 9.47 Å². The average Bonchev–Trinajstić information content (AvgIpc) is 2.62. The minimum atomic E-state index is -3.57. The minimum Gasteiger partial charge on any atom is -0.486 e. The SMILES string of the molecule is CCN(CCc1ccncc1)S(=O)(=O)c1ccc2c(c1)OCCO2. The van der Waals surface area contributed by atoms with E-state index < -0.39 is 10.0 Å². The van der Waals surface area contributed by atoms with Crippen molar-refractivity contribution in [1.29, 1.82) is 0 Å². The lowest BCUT2D eigenvalue weighted by Crippen LogP contribution is -2.33. The molecule has 128 valence electrons. The molecular weight excluding hydrogens is 328 g/mol. The summed E-state index contributed by atoms with van der Waals surface area (Å²) in [6.07, 6.45) is 4.06. The summed E-state index contributed by atoms with van der Waals surface area (Å²) in [6, 6.07) is 8.55. The van der Waals surface area contributed by atoms with Crippen LogP contribution in [-0.4, -0.2) is 44.0 Å². The first-order chi connectivity index (χ1) is 11.6. The number of benzene rings is 1. The van der Waals surface area contributed by atoms with Crippen LogP contribution in [0.4, 0.5) is 0 Å². The summed E-state index contributed by atoms with van der Waals surface area (Å²) in [4.78, 5) is 4.20. The third kappa shape index (κ3) is 3.52. The van der Waals surface area contributed by atoms with Gasteiger partial charge < -0.3 is 9.47 Å². The lowest BCUT2D eigenvalue weighted by Gasteiger charge is -2.23. The quantitative estimate of drug-likeness (QED) is 0.800. The zero-order valence-corrected chi connectivity index (χ0v) is 14.3. The Balaban J connectivity index is 1.79. The summed E-state index contributed by atoms with van der Waals surface area (Å²) >= 11 is 0. The van der Waals surface area contributed by atoms with Gasteiger partial charge in [-0.3, -0.25) is 4.98 Å². The van der Waals surface area contributed by atoms with Crippen molar-refractivity contribution in [2.75, 3.05) is 26.3 Å². The highest BCUT2D eigenvalue weighted by Crippen LogP contribution is 2.33. The highest BCUT2D eigenvalue weighted by atomic mass is 32.2. The normalized spacial score (nSPS) is 13.9. The summed E-state index contributed by atoms with van der Waals surface area (Å²) in [6.45, 7) is 3.56. The summed E-state index contributed by atoms with van der Waals surface area (Å²) in [5.41, 5.74) is 1.06. The van der Waals surface area contributed by atoms with Crippen LogP contribution in [-0.2, 0) is 16.4 Å². The van der Waals surface area contributed by atoms with Crippen molar-refractivity contribution in [2.24, 2.45) is 0 Å². The molecule has 1 aliphatic heterocycles. The Morgan fingerprint density at radius 3 is 2.50 bits per heavy atom. The maximum Gasteiger partial charge on any atom is 0.243 e. The van der Waals surface area contributed by atoms with Gasteiger partial charge in [0.15, 0.2) is 11.5 Å². The molecule has 0 saturated carbocycles. The van der Waals surface area contributed by atoms with E-state index in [4.69, 9.17) is 9.47 Å². The lowest BCUT2D eigenvalue weighted by atomic mass is 10.2. The highest BCUT2D eigenvalue weighted by Gasteiger charge is 2.25. The van der Waals surface area contributed by atoms with Crippen molar-refractivity contribution in [3.63, 3.8) is 0 Å². The first kappa shape index (κ1) is 16.7. The smallest absolute Gasteiger partial charge is 0.243 e. The Labute approximate surface area is 142 Å². The van der Waals surface area contributed by atoms with Crippen LogP contribution in [0.3, 0.4) is 0 Å². The Morgan fingerprint density at radius 1 is 1.08 bits per heavy atom. The summed E-state index contributed by atoms with van der Waals surface area (Å²) < 4.78 is 38.2. The molecule has 3 rings (SSSR count). The van der Waals surface area contributed by atoms with Crippen molar-refractivity contribution in [3.8, 4) is 11.5 Å². The van der Waals surface area contributed by atoms with Gasteiger partial charge in [0.1, 0.15) is 13.2 Å². The number of rotatable bonds is 6. The van der Waals surface area contributed by atoms with E-state index >= 15 is 0 Å². The molecule has 6 nitrogen and oxygen atoms in total. The van der Waals surface area contributed by atoms with Gasteiger partial charge in [0.2, 0.25) is 10.0 Å². The topological polar surface area (TPSA) is 68.7 Å². The van der Waals surface area contributed by atoms with Crippen molar-refractivity contribution >= 4 is 10.0 Å². The van der Waals surface area contributed by atoms with Gasteiger partial charge in [0.25, 0.3) is 0 Å². The molecule has 1 aromatic heterocycles. The molecule has 1 aliphatic rings. The van der Waals surface area contributed by atoms with Gasteiger partial charge in [-0.25, -0.2) is 8.42 Å². The maximum absolute atomic E-state index is 12.9. The molecule has 0 radical (unpaired) electrons. The van der Waals surface area contributed by atoms with Crippen molar-refractivity contribution in [2.45, 2.75) is 18.2 Å². The van der Waals surface area contributed by atoms with Crippen LogP contribution in [0.25, 0.3) is 0 Å². The van der Waals surface area contributed by atoms with E-state index in [2.05, 4.69) is 4.98 Å². The molecule has 0 atom stereocenters. The van der Waals surface area contributed by atoms with Crippen LogP contribution in [0.1, 0.15) is 12.5 Å². The van der Waals surface area contributed by atoms with E-state index in [-0.39, 0.29) is 4.90 Å². The van der Waals surface area contributed by atoms with E-state index in [9.17, 15) is 8.42 Å². The fourth-order valence-electron chi connectivity index (χ4n) is 2.58. The molecule has 0 bridgehead atoms. The van der Waals surface area contributed by atoms with E-state index in [0.717, 1.165) is 5.56 Å². The van der Waals surface area contributed by atoms with Gasteiger partial charge >= 0.3 is 0 Å². The molecule has 24 heavy (non-hydrogen) atoms. The summed E-state index contributed by atoms with van der Waals surface area (Å²) in [7, 11) is -3.57. The van der Waals surface area contributed by atoms with Gasteiger partial charge in [-0.05, 0) is 36.2 Å². The molecule has 0 unspecified atom stereocenters. The van der Waals surface area contributed by atoms with Crippen LogP contribution in [0.15, 0.2) is 47.6 Å². The number of ether oxygens (including phenoxy) is 2. The van der Waals surface area contributed by atoms with Crippen LogP contribution in [0, 0.1) is 0 Å². The first-order valence-electron chi connectivity index (χ1n) is 7.90. The number of pyridine rings is 1. The zero-order chi connectivity index (χ0) is 17.0. The second kappa shape index (κ2) is 7.19. The number of hydrogen-bond donors (Lipinski definition) is 0. The van der Waals surface area contributed by atoms with Gasteiger partial charge in [-0.15, -0.1) is 0 Å². The molecule has 0 aliphatic carbocycles. The Bertz CT molecular complexity index is 793. The fraction of sp³-hybridized carbons (Fsp3) is 0.353. The molecule has 2 heterocycles. The van der Waals surface area contributed by atoms with Gasteiger partial charge in [0, 0.05) is 31.5 Å². The molecule has 2 aromatic rings. The molecule has 1 aromatic carbocycles. The summed E-state index contributed by atoms with van der Waals surface area (Å²) in [5.74, 6) is 1.06. The maximum atomic E-state index is 12.9. The third-order valence-corrected chi connectivity index (χ3v) is 5.87. The van der Waals surface area contributed by atoms with Crippen LogP contribution in [0.5, 0.6) is 11.5 Å². The molecule has 0 spiro atoms. The molecular formula is C17H20N2O4S. The van der Waals surface area contributed by atoms with Crippen LogP contribution >= 0.6 is 0 Å². The lowest BCUT2D eigenvalue weighted by molar-refractivity contribution is 0.171. The van der Waals surface area contributed by atoms with E-state index in [1.165, 1.54) is 4.31 Å². The van der Waals surface area contributed by atoms with Gasteiger partial charge in [-0.2, -0.15) is 4.31 Å². The van der Waals surface area contributed by atoms with E-state index in [1.807, 2.05) is 19.1 Å². The average molecular weight is 348 g/mol. The van der Waals surface area contributed by atoms with Crippen LogP contribution in [0.2, 0.25) is 0 Å². The number of fused-ring (bicyclic) bond motifs is 1. The Morgan fingerprint density at radius 2 is 1.79 bits per heavy atom. The fourth-order valence-corrected chi connectivity index (χ4v) is 4.05. The molecule has 0 N–H and O–H groups in total. The van der Waals surface area contributed by atoms with Crippen molar-refractivity contribution in [1.82, 2.24) is 9.29 Å². The van der Waals surface area contributed by atoms with Crippen molar-refractivity contribution < 1.29 is 17.9 Å². The second-order valence-corrected chi connectivity index (χ2v) is 7.35. The Hall–Kier alpha value is -2.12. The Kier molecular flexibility index (Phi) is 5.01. The second-order valence-electron chi connectivity index (χ2n) is 5.41. The van der Waals surface area contributed by atoms with Gasteiger partial charge in [0.05, 0.1) is 4.90 Å². The molecule has 0 fully saturated rings. The number of hydrogen-bond acceptors (Lipinski definition) is 5. The highest BCUT2D eigenvalue weighted by molar-refractivity contribution is 7.89. The minimum absolute atomic E-state index is 0.225. The predicted molar refractivity (Wildman–Crippen MR) is 89.8 cm³/mol. The standard InChI is InChI=1S/C17H20N2O4S/c1-2-19(10-7-14-5-8-18-9-6-14)24(20,21)15-3-4-16-17(13-15)23-12-11-22-16/h3-6,8-9,13H,2,7,10-12H2,1H3. The van der Waals surface area contributed by atoms with E-state index in [1.54, 1.807) is 30.6 Å². The largest absolute Gasteiger partial charge is 0.486 e. The first-order valence-corrected chi connectivity index (χ1v) is 9.34. The van der Waals surface area contributed by atoms with Crippen molar-refractivity contribution in [3.05, 3.63) is 48.3 Å². The third-order valence-electron chi connectivity index (χ3n) is 3.90.